The van der Waals surface area contributed by atoms with Gasteiger partial charge in [0.25, 0.3) is 11.6 Å². The van der Waals surface area contributed by atoms with Crippen LogP contribution < -0.4 is 5.32 Å². The minimum atomic E-state index is -4.02. The second kappa shape index (κ2) is 11.0. The van der Waals surface area contributed by atoms with Crippen LogP contribution in [0.5, 0.6) is 0 Å². The number of rotatable bonds is 8. The molecule has 0 aliphatic rings. The van der Waals surface area contributed by atoms with E-state index < -0.39 is 33.2 Å². The van der Waals surface area contributed by atoms with Gasteiger partial charge in [-0.2, -0.15) is 0 Å². The van der Waals surface area contributed by atoms with Gasteiger partial charge in [-0.3, -0.25) is 20.2 Å². The normalized spacial score (nSPS) is 11.2. The summed E-state index contributed by atoms with van der Waals surface area (Å²) >= 11 is 0.692. The molecule has 200 valence electrons. The third-order valence-corrected chi connectivity index (χ3v) is 8.84. The molecule has 0 unspecified atom stereocenters. The average molecular weight is 575 g/mol. The number of nitro groups is 1. The van der Waals surface area contributed by atoms with Crippen LogP contribution >= 0.6 is 11.3 Å². The Hall–Kier alpha value is -5.01. The molecular formula is C27H18N4O7S2. The summed E-state index contributed by atoms with van der Waals surface area (Å²) in [4.78, 5) is 44.0. The van der Waals surface area contributed by atoms with Crippen molar-refractivity contribution >= 4 is 54.8 Å². The Morgan fingerprint density at radius 1 is 0.975 bits per heavy atom. The van der Waals surface area contributed by atoms with Crippen molar-refractivity contribution in [3.8, 4) is 11.3 Å². The first-order valence-electron chi connectivity index (χ1n) is 11.6. The molecule has 5 aromatic rings. The maximum absolute atomic E-state index is 13.0. The van der Waals surface area contributed by atoms with Crippen LogP contribution in [0.25, 0.3) is 22.2 Å². The molecule has 0 bridgehead atoms. The molecule has 2 aromatic heterocycles. The van der Waals surface area contributed by atoms with Gasteiger partial charge in [-0.1, -0.05) is 59.9 Å². The number of para-hydroxylation sites is 1. The predicted molar refractivity (Wildman–Crippen MR) is 147 cm³/mol. The van der Waals surface area contributed by atoms with Crippen LogP contribution in [0.4, 0.5) is 10.8 Å². The lowest BCUT2D eigenvalue weighted by Gasteiger charge is -2.10. The molecule has 0 saturated heterocycles. The Labute approximate surface area is 231 Å². The number of pyridine rings is 1. The van der Waals surface area contributed by atoms with Crippen LogP contribution in [0.3, 0.4) is 0 Å². The van der Waals surface area contributed by atoms with E-state index in [1.165, 1.54) is 0 Å². The number of hydrogen-bond acceptors (Lipinski definition) is 10. The highest BCUT2D eigenvalue weighted by Gasteiger charge is 2.23. The molecule has 0 aliphatic heterocycles. The Kier molecular flexibility index (Phi) is 7.31. The largest absolute Gasteiger partial charge is 0.452 e. The molecule has 13 heteroatoms. The van der Waals surface area contributed by atoms with Gasteiger partial charge in [0, 0.05) is 23.1 Å². The minimum absolute atomic E-state index is 0.0257. The number of fused-ring (bicyclic) bond motifs is 1. The second-order valence-corrected chi connectivity index (χ2v) is 11.5. The summed E-state index contributed by atoms with van der Waals surface area (Å²) in [6, 6.07) is 22.4. The van der Waals surface area contributed by atoms with Gasteiger partial charge in [-0.05, 0) is 24.3 Å². The fraction of sp³-hybridized carbons (Fsp3) is 0.0370. The van der Waals surface area contributed by atoms with E-state index in [2.05, 4.69) is 15.3 Å². The van der Waals surface area contributed by atoms with Crippen molar-refractivity contribution in [3.05, 3.63) is 107 Å². The molecule has 2 heterocycles. The zero-order chi connectivity index (χ0) is 28.3. The number of nitrogens with zero attached hydrogens (tertiary/aromatic N) is 3. The van der Waals surface area contributed by atoms with Crippen molar-refractivity contribution < 1.29 is 27.7 Å². The number of thiazole rings is 1. The monoisotopic (exact) mass is 574 g/mol. The quantitative estimate of drug-likeness (QED) is 0.155. The summed E-state index contributed by atoms with van der Waals surface area (Å²) in [6.07, 6.45) is 1.07. The number of non-ortho nitro benzene ring substituents is 1. The number of carbonyl (C=O) groups excluding carboxylic acids is 2. The van der Waals surface area contributed by atoms with Crippen LogP contribution in [0.15, 0.2) is 100 Å². The minimum Gasteiger partial charge on any atom is -0.452 e. The van der Waals surface area contributed by atoms with E-state index in [0.29, 0.717) is 27.9 Å². The summed E-state index contributed by atoms with van der Waals surface area (Å²) in [5, 5.41) is 13.8. The highest BCUT2D eigenvalue weighted by molar-refractivity contribution is 7.93. The van der Waals surface area contributed by atoms with Gasteiger partial charge in [-0.15, -0.1) is 0 Å². The molecule has 0 aliphatic carbocycles. The van der Waals surface area contributed by atoms with Crippen molar-refractivity contribution in [3.63, 3.8) is 0 Å². The first kappa shape index (κ1) is 26.6. The molecule has 0 saturated carbocycles. The SMILES string of the molecule is O=C(COC(=O)c1cc(-c2ccccc2)nc2ccccc12)Nc1ncc(S(=O)(=O)c2ccc([N+](=O)[O-])cc2)s1. The van der Waals surface area contributed by atoms with Crippen molar-refractivity contribution in [1.29, 1.82) is 0 Å². The number of anilines is 1. The predicted octanol–water partition coefficient (Wildman–Crippen LogP) is 4.89. The van der Waals surface area contributed by atoms with Gasteiger partial charge in [0.05, 0.1) is 32.8 Å². The molecule has 0 atom stereocenters. The molecule has 0 fully saturated rings. The molecule has 1 amide bonds. The molecule has 0 spiro atoms. The van der Waals surface area contributed by atoms with Crippen LogP contribution in [0.1, 0.15) is 10.4 Å². The van der Waals surface area contributed by atoms with Gasteiger partial charge in [0.2, 0.25) is 9.84 Å². The molecule has 3 aromatic carbocycles. The zero-order valence-corrected chi connectivity index (χ0v) is 22.0. The van der Waals surface area contributed by atoms with E-state index in [0.717, 1.165) is 36.0 Å². The van der Waals surface area contributed by atoms with E-state index >= 15 is 0 Å². The third kappa shape index (κ3) is 5.55. The van der Waals surface area contributed by atoms with Crippen molar-refractivity contribution in [2.45, 2.75) is 9.10 Å². The van der Waals surface area contributed by atoms with Crippen molar-refractivity contribution in [1.82, 2.24) is 9.97 Å². The fourth-order valence-corrected chi connectivity index (χ4v) is 6.22. The van der Waals surface area contributed by atoms with Crippen LogP contribution in [-0.4, -0.2) is 41.8 Å². The van der Waals surface area contributed by atoms with E-state index in [4.69, 9.17) is 4.74 Å². The molecule has 1 N–H and O–H groups in total. The van der Waals surface area contributed by atoms with E-state index in [1.807, 2.05) is 30.3 Å². The molecule has 40 heavy (non-hydrogen) atoms. The lowest BCUT2D eigenvalue weighted by molar-refractivity contribution is -0.384. The molecule has 5 rings (SSSR count). The first-order chi connectivity index (χ1) is 19.2. The van der Waals surface area contributed by atoms with E-state index in [-0.39, 0.29) is 25.5 Å². The summed E-state index contributed by atoms with van der Waals surface area (Å²) in [5.74, 6) is -1.45. The number of sulfone groups is 1. The number of nitro benzene ring substituents is 1. The first-order valence-corrected chi connectivity index (χ1v) is 13.9. The molecular weight excluding hydrogens is 556 g/mol. The number of amides is 1. The summed E-state index contributed by atoms with van der Waals surface area (Å²) < 4.78 is 30.8. The Morgan fingerprint density at radius 3 is 2.40 bits per heavy atom. The van der Waals surface area contributed by atoms with Crippen molar-refractivity contribution in [2.75, 3.05) is 11.9 Å². The van der Waals surface area contributed by atoms with Gasteiger partial charge < -0.3 is 4.74 Å². The standard InChI is InChI=1S/C27H18N4O7S2/c32-24(30-27-28-15-25(39-27)40(36,37)19-12-10-18(11-13-19)31(34)35)16-38-26(33)21-14-23(17-6-2-1-3-7-17)29-22-9-5-4-8-20(21)22/h1-15H,16H2,(H,28,30,32). The number of benzene rings is 3. The number of aromatic nitrogens is 2. The van der Waals surface area contributed by atoms with Crippen LogP contribution in [0, 0.1) is 10.1 Å². The maximum Gasteiger partial charge on any atom is 0.339 e. The maximum atomic E-state index is 13.0. The van der Waals surface area contributed by atoms with Crippen molar-refractivity contribution in [2.24, 2.45) is 0 Å². The Bertz CT molecular complexity index is 1860. The highest BCUT2D eigenvalue weighted by Crippen LogP contribution is 2.30. The number of ether oxygens (including phenoxy) is 1. The highest BCUT2D eigenvalue weighted by atomic mass is 32.2. The summed E-state index contributed by atoms with van der Waals surface area (Å²) in [5.41, 5.74) is 1.96. The van der Waals surface area contributed by atoms with Gasteiger partial charge in [0.15, 0.2) is 11.7 Å². The number of esters is 1. The third-order valence-electron chi connectivity index (χ3n) is 5.69. The average Bonchev–Trinajstić information content (AvgIpc) is 3.45. The van der Waals surface area contributed by atoms with Gasteiger partial charge in [0.1, 0.15) is 4.21 Å². The van der Waals surface area contributed by atoms with Crippen LogP contribution in [0.2, 0.25) is 0 Å². The topological polar surface area (TPSA) is 158 Å². The summed E-state index contributed by atoms with van der Waals surface area (Å²) in [7, 11) is -4.02. The molecule has 0 radical (unpaired) electrons. The Morgan fingerprint density at radius 2 is 1.68 bits per heavy atom. The van der Waals surface area contributed by atoms with Gasteiger partial charge >= 0.3 is 5.97 Å². The number of nitrogens with one attached hydrogen (secondary N) is 1. The second-order valence-electron chi connectivity index (χ2n) is 8.30. The zero-order valence-electron chi connectivity index (χ0n) is 20.4. The fourth-order valence-electron chi connectivity index (χ4n) is 3.77. The smallest absolute Gasteiger partial charge is 0.339 e. The van der Waals surface area contributed by atoms with Gasteiger partial charge in [-0.25, -0.2) is 23.2 Å². The number of hydrogen-bond donors (Lipinski definition) is 1. The summed E-state index contributed by atoms with van der Waals surface area (Å²) in [6.45, 7) is -0.639. The van der Waals surface area contributed by atoms with E-state index in [9.17, 15) is 28.1 Å². The van der Waals surface area contributed by atoms with Crippen LogP contribution in [-0.2, 0) is 19.4 Å². The number of carbonyl (C=O) groups is 2. The lowest BCUT2D eigenvalue weighted by atomic mass is 10.0. The molecule has 11 nitrogen and oxygen atoms in total. The van der Waals surface area contributed by atoms with E-state index in [1.54, 1.807) is 30.3 Å². The Balaban J connectivity index is 1.28. The lowest BCUT2D eigenvalue weighted by Crippen LogP contribution is -2.21.